The van der Waals surface area contributed by atoms with Gasteiger partial charge in [-0.05, 0) is 30.9 Å². The average molecular weight is 290 g/mol. The molecule has 1 aromatic heterocycles. The molecule has 7 nitrogen and oxygen atoms in total. The highest BCUT2D eigenvalue weighted by molar-refractivity contribution is 6.34. The van der Waals surface area contributed by atoms with E-state index in [1.165, 1.54) is 0 Å². The highest BCUT2D eigenvalue weighted by Crippen LogP contribution is 2.18. The van der Waals surface area contributed by atoms with Gasteiger partial charge >= 0.3 is 11.8 Å². The van der Waals surface area contributed by atoms with Gasteiger partial charge in [0, 0.05) is 32.0 Å². The molecule has 21 heavy (non-hydrogen) atoms. The molecule has 0 aromatic carbocycles. The predicted molar refractivity (Wildman–Crippen MR) is 75.1 cm³/mol. The standard InChI is InChI=1S/C14H18N4O3/c15-12(19)13(20)17-8-10-3-6-18(7-4-10)14(21)11-2-1-5-16-9-11/h1-2,5,9-10H,3-4,6-8H2,(H2,15,19)(H,17,20). The van der Waals surface area contributed by atoms with Gasteiger partial charge in [-0.15, -0.1) is 0 Å². The van der Waals surface area contributed by atoms with E-state index in [1.54, 1.807) is 29.4 Å². The van der Waals surface area contributed by atoms with Gasteiger partial charge in [-0.3, -0.25) is 19.4 Å². The number of nitrogens with two attached hydrogens (primary N) is 1. The maximum atomic E-state index is 12.2. The zero-order chi connectivity index (χ0) is 15.2. The van der Waals surface area contributed by atoms with E-state index < -0.39 is 11.8 Å². The summed E-state index contributed by atoms with van der Waals surface area (Å²) in [6.07, 6.45) is 4.75. The molecule has 0 saturated carbocycles. The fraction of sp³-hybridized carbons (Fsp3) is 0.429. The minimum absolute atomic E-state index is 0.0253. The molecular formula is C14H18N4O3. The summed E-state index contributed by atoms with van der Waals surface area (Å²) in [6.45, 7) is 1.67. The van der Waals surface area contributed by atoms with E-state index in [1.807, 2.05) is 0 Å². The number of primary amides is 1. The summed E-state index contributed by atoms with van der Waals surface area (Å²) in [5, 5.41) is 2.50. The minimum Gasteiger partial charge on any atom is -0.361 e. The molecule has 0 aliphatic carbocycles. The number of hydrogen-bond donors (Lipinski definition) is 2. The number of nitrogens with one attached hydrogen (secondary N) is 1. The lowest BCUT2D eigenvalue weighted by Gasteiger charge is -2.32. The van der Waals surface area contributed by atoms with Crippen LogP contribution in [0.3, 0.4) is 0 Å². The van der Waals surface area contributed by atoms with E-state index in [2.05, 4.69) is 10.3 Å². The number of hydrogen-bond acceptors (Lipinski definition) is 4. The molecule has 7 heteroatoms. The van der Waals surface area contributed by atoms with Crippen LogP contribution >= 0.6 is 0 Å². The fourth-order valence-corrected chi connectivity index (χ4v) is 2.34. The van der Waals surface area contributed by atoms with Gasteiger partial charge in [0.2, 0.25) is 0 Å². The number of carbonyl (C=O) groups is 3. The number of nitrogens with zero attached hydrogens (tertiary/aromatic N) is 2. The fourth-order valence-electron chi connectivity index (χ4n) is 2.34. The van der Waals surface area contributed by atoms with Crippen molar-refractivity contribution in [2.24, 2.45) is 11.7 Å². The molecule has 1 aliphatic heterocycles. The van der Waals surface area contributed by atoms with Gasteiger partial charge in [0.05, 0.1) is 5.56 Å². The van der Waals surface area contributed by atoms with Crippen LogP contribution < -0.4 is 11.1 Å². The number of likely N-dealkylation sites (tertiary alicyclic amines) is 1. The van der Waals surface area contributed by atoms with Gasteiger partial charge in [0.25, 0.3) is 5.91 Å². The molecule has 3 N–H and O–H groups in total. The van der Waals surface area contributed by atoms with Crippen molar-refractivity contribution < 1.29 is 14.4 Å². The van der Waals surface area contributed by atoms with Gasteiger partial charge in [0.1, 0.15) is 0 Å². The van der Waals surface area contributed by atoms with Gasteiger partial charge in [-0.25, -0.2) is 0 Å². The Labute approximate surface area is 122 Å². The highest BCUT2D eigenvalue weighted by Gasteiger charge is 2.24. The molecule has 0 spiro atoms. The first kappa shape index (κ1) is 15.0. The molecule has 3 amide bonds. The SMILES string of the molecule is NC(=O)C(=O)NCC1CCN(C(=O)c2cccnc2)CC1. The molecule has 1 fully saturated rings. The molecule has 2 heterocycles. The average Bonchev–Trinajstić information content (AvgIpc) is 2.53. The number of rotatable bonds is 3. The number of piperidine rings is 1. The third-order valence-corrected chi connectivity index (χ3v) is 3.59. The van der Waals surface area contributed by atoms with E-state index >= 15 is 0 Å². The van der Waals surface area contributed by atoms with Crippen LogP contribution in [0.15, 0.2) is 24.5 Å². The Bertz CT molecular complexity index is 524. The molecule has 1 aromatic rings. The van der Waals surface area contributed by atoms with Crippen LogP contribution in [0.5, 0.6) is 0 Å². The van der Waals surface area contributed by atoms with Gasteiger partial charge in [-0.2, -0.15) is 0 Å². The van der Waals surface area contributed by atoms with E-state index in [4.69, 9.17) is 5.73 Å². The molecule has 1 aliphatic rings. The van der Waals surface area contributed by atoms with Crippen molar-refractivity contribution in [3.05, 3.63) is 30.1 Å². The maximum Gasteiger partial charge on any atom is 0.309 e. The minimum atomic E-state index is -0.973. The zero-order valence-corrected chi connectivity index (χ0v) is 11.6. The van der Waals surface area contributed by atoms with Crippen LogP contribution in [0.1, 0.15) is 23.2 Å². The Morgan fingerprint density at radius 3 is 2.62 bits per heavy atom. The first-order valence-corrected chi connectivity index (χ1v) is 6.85. The Balaban J connectivity index is 1.79. The highest BCUT2D eigenvalue weighted by atomic mass is 16.2. The van der Waals surface area contributed by atoms with Crippen molar-refractivity contribution in [3.63, 3.8) is 0 Å². The summed E-state index contributed by atoms with van der Waals surface area (Å²) in [4.78, 5) is 39.6. The van der Waals surface area contributed by atoms with Crippen molar-refractivity contribution >= 4 is 17.7 Å². The van der Waals surface area contributed by atoms with E-state index in [0.717, 1.165) is 12.8 Å². The second kappa shape index (κ2) is 6.83. The van der Waals surface area contributed by atoms with Crippen LogP contribution in [0.25, 0.3) is 0 Å². The maximum absolute atomic E-state index is 12.2. The number of carbonyl (C=O) groups excluding carboxylic acids is 3. The first-order valence-electron chi connectivity index (χ1n) is 6.85. The van der Waals surface area contributed by atoms with Crippen molar-refractivity contribution in [1.82, 2.24) is 15.2 Å². The molecule has 1 saturated heterocycles. The van der Waals surface area contributed by atoms with Crippen LogP contribution in [-0.2, 0) is 9.59 Å². The van der Waals surface area contributed by atoms with Crippen LogP contribution in [-0.4, -0.2) is 47.2 Å². The molecular weight excluding hydrogens is 272 g/mol. The molecule has 0 unspecified atom stereocenters. The quantitative estimate of drug-likeness (QED) is 0.734. The topological polar surface area (TPSA) is 105 Å². The normalized spacial score (nSPS) is 15.5. The lowest BCUT2D eigenvalue weighted by Crippen LogP contribution is -2.43. The lowest BCUT2D eigenvalue weighted by atomic mass is 9.96. The third kappa shape index (κ3) is 4.01. The summed E-state index contributed by atoms with van der Waals surface area (Å²) in [5.41, 5.74) is 5.45. The van der Waals surface area contributed by atoms with Gasteiger partial charge in [-0.1, -0.05) is 0 Å². The van der Waals surface area contributed by atoms with Crippen molar-refractivity contribution in [3.8, 4) is 0 Å². The second-order valence-corrected chi connectivity index (χ2v) is 5.05. The van der Waals surface area contributed by atoms with Gasteiger partial charge in [0.15, 0.2) is 0 Å². The van der Waals surface area contributed by atoms with Crippen LogP contribution in [0.4, 0.5) is 0 Å². The Kier molecular flexibility index (Phi) is 4.86. The Hall–Kier alpha value is -2.44. The van der Waals surface area contributed by atoms with Crippen LogP contribution in [0, 0.1) is 5.92 Å². The molecule has 0 radical (unpaired) electrons. The second-order valence-electron chi connectivity index (χ2n) is 5.05. The van der Waals surface area contributed by atoms with E-state index in [9.17, 15) is 14.4 Å². The number of amides is 3. The smallest absolute Gasteiger partial charge is 0.309 e. The summed E-state index contributed by atoms with van der Waals surface area (Å²) in [6, 6.07) is 3.48. The summed E-state index contributed by atoms with van der Waals surface area (Å²) in [7, 11) is 0. The molecule has 112 valence electrons. The number of pyridine rings is 1. The predicted octanol–water partition coefficient (Wildman–Crippen LogP) is -0.465. The third-order valence-electron chi connectivity index (χ3n) is 3.59. The molecule has 0 atom stereocenters. The van der Waals surface area contributed by atoms with E-state index in [0.29, 0.717) is 25.2 Å². The monoisotopic (exact) mass is 290 g/mol. The Morgan fingerprint density at radius 1 is 1.33 bits per heavy atom. The Morgan fingerprint density at radius 2 is 2.05 bits per heavy atom. The molecule has 2 rings (SSSR count). The zero-order valence-electron chi connectivity index (χ0n) is 11.6. The first-order chi connectivity index (χ1) is 10.1. The summed E-state index contributed by atoms with van der Waals surface area (Å²) < 4.78 is 0. The molecule has 0 bridgehead atoms. The van der Waals surface area contributed by atoms with Crippen molar-refractivity contribution in [1.29, 1.82) is 0 Å². The lowest BCUT2D eigenvalue weighted by molar-refractivity contribution is -0.137. The number of aromatic nitrogens is 1. The van der Waals surface area contributed by atoms with Crippen molar-refractivity contribution in [2.75, 3.05) is 19.6 Å². The van der Waals surface area contributed by atoms with Gasteiger partial charge < -0.3 is 16.0 Å². The van der Waals surface area contributed by atoms with Crippen LogP contribution in [0.2, 0.25) is 0 Å². The summed E-state index contributed by atoms with van der Waals surface area (Å²) >= 11 is 0. The van der Waals surface area contributed by atoms with Crippen molar-refractivity contribution in [2.45, 2.75) is 12.8 Å². The largest absolute Gasteiger partial charge is 0.361 e. The van der Waals surface area contributed by atoms with E-state index in [-0.39, 0.29) is 11.8 Å². The summed E-state index contributed by atoms with van der Waals surface area (Å²) in [5.74, 6) is -1.50.